The van der Waals surface area contributed by atoms with Crippen molar-refractivity contribution in [3.8, 4) is 66.8 Å². The summed E-state index contributed by atoms with van der Waals surface area (Å²) in [5.74, 6) is 0. The summed E-state index contributed by atoms with van der Waals surface area (Å²) in [5.41, 5.74) is 0. The van der Waals surface area contributed by atoms with Crippen molar-refractivity contribution in [3.05, 3.63) is 0 Å². The quantitative estimate of drug-likeness (QED) is 0.0403. The monoisotopic (exact) mass is 1770 g/mol. The Labute approximate surface area is 785 Å². The molecule has 0 saturated heterocycles. The predicted molar refractivity (Wildman–Crippen MR) is 541 cm³/mol. The van der Waals surface area contributed by atoms with Crippen molar-refractivity contribution in [1.29, 1.82) is 57.9 Å². The van der Waals surface area contributed by atoms with Gasteiger partial charge in [0.05, 0.1) is 79.9 Å². The van der Waals surface area contributed by atoms with Crippen LogP contribution in [0.1, 0.15) is 290 Å². The van der Waals surface area contributed by atoms with Crippen LogP contribution in [0.3, 0.4) is 0 Å². The fourth-order valence-electron chi connectivity index (χ4n) is 11.2. The highest BCUT2D eigenvalue weighted by atomic mass is 15.2. The molecule has 0 bridgehead atoms. The maximum Gasteiger partial charge on any atom is 0.0865 e. The molecule has 0 radical (unpaired) electrons. The number of unbranched alkanes of at least 4 members (excludes halogenated alkanes) is 10. The normalized spacial score (nSPS) is 10.1. The van der Waals surface area contributed by atoms with Crippen molar-refractivity contribution < 1.29 is 0 Å². The Morgan fingerprint density at radius 2 is 0.317 bits per heavy atom. The average Bonchev–Trinajstić information content (AvgIpc) is 1.01. The van der Waals surface area contributed by atoms with E-state index in [1.165, 1.54) is 168 Å². The van der Waals surface area contributed by atoms with E-state index in [9.17, 15) is 0 Å². The first-order valence-corrected chi connectivity index (χ1v) is 48.8. The second-order valence-corrected chi connectivity index (χ2v) is 32.9. The molecule has 26 heteroatoms. The summed E-state index contributed by atoms with van der Waals surface area (Å²) < 4.78 is 0. The lowest BCUT2D eigenvalue weighted by atomic mass is 10.2. The van der Waals surface area contributed by atoms with E-state index in [0.717, 1.165) is 137 Å². The third-order valence-corrected chi connectivity index (χ3v) is 18.8. The number of nitriles is 11. The molecule has 0 unspecified atom stereocenters. The van der Waals surface area contributed by atoms with Crippen molar-refractivity contribution in [2.24, 2.45) is 0 Å². The number of hydrogen-bond donors (Lipinski definition) is 0. The Bertz CT molecular complexity index is 2420. The second kappa shape index (κ2) is 134. The van der Waals surface area contributed by atoms with Gasteiger partial charge in [-0.2, -0.15) is 57.9 Å². The minimum absolute atomic E-state index is 0.455. The zero-order valence-electron chi connectivity index (χ0n) is 88.3. The lowest BCUT2D eigenvalue weighted by Crippen LogP contribution is -2.27. The third-order valence-electron chi connectivity index (χ3n) is 18.8. The number of rotatable bonds is 64. The molecule has 0 aliphatic rings. The van der Waals surface area contributed by atoms with Gasteiger partial charge in [-0.05, 0) is 352 Å². The summed E-state index contributed by atoms with van der Waals surface area (Å²) in [4.78, 5) is 33.5. The molecule has 0 atom stereocenters. The van der Waals surface area contributed by atoms with Crippen molar-refractivity contribution >= 4 is 0 Å². The standard InChI is InChI=1S/C12H24N2.C11H22N2.C10H20N2.C9H12N4.C9H22N2.C8H20N2.2C8H16N2.C7H18N2.C7H14N2.C6H12N2.C5H10N2/c1-3-5-10-14(11-6-4-2)12-8-7-9-13;1-3-5-9-13(10-6-4-2)11-7-8-12;1-3-8-12(9-4-2)10-6-5-7-11;10-4-1-7-13(8-2-5-11)9-3-6-12;1-10(2)8-6-5-7-9-11(3)4;1-9(2)7-5-6-8-10(3)4;1-3-10(4-2)8-6-5-7-9;1-3-6-10(7-4-2)8-5-9;1-8(2)6-5-7-9(3)4;1-3-9(4-2)7-5-6-8;1-3-8(4-2)6-5-7;1-7(2)5-3-4-6/h3-8,10-12H2,1-2H3;3-7,9-11H2,1-2H3;3-6,8-10H2,1-2H3;1-3,7-9H2;5-9H2,1-4H3;5-8H2,1-4H3;3-6,8H2,1-2H3;3-4,6-8H2,1-2H3;5-7H2,1-4H3;3-5,7H2,1-2H3;3-4,6H2,1-2H3;3,5H2,1-2H3. The molecule has 0 aliphatic heterocycles. The van der Waals surface area contributed by atoms with E-state index in [1.54, 1.807) is 0 Å². The maximum atomic E-state index is 8.49. The topological polar surface area (TPSA) is 310 Å². The van der Waals surface area contributed by atoms with Crippen molar-refractivity contribution in [3.63, 3.8) is 0 Å². The molecule has 26 nitrogen and oxygen atoms in total. The highest BCUT2D eigenvalue weighted by Gasteiger charge is 2.07. The molecule has 0 spiro atoms. The Morgan fingerprint density at radius 3 is 0.532 bits per heavy atom. The van der Waals surface area contributed by atoms with Crippen LogP contribution >= 0.6 is 0 Å². The molecule has 0 fully saturated rings. The van der Waals surface area contributed by atoms with Gasteiger partial charge in [0.25, 0.3) is 0 Å². The smallest absolute Gasteiger partial charge is 0.0865 e. The largest absolute Gasteiger partial charge is 0.309 e. The van der Waals surface area contributed by atoms with Crippen LogP contribution in [0.4, 0.5) is 0 Å². The van der Waals surface area contributed by atoms with E-state index in [4.69, 9.17) is 57.9 Å². The molecule has 0 aliphatic carbocycles. The molecule has 0 amide bonds. The van der Waals surface area contributed by atoms with Crippen LogP contribution in [0, 0.1) is 125 Å². The summed E-state index contributed by atoms with van der Waals surface area (Å²) in [6.07, 6.45) is 31.2. The highest BCUT2D eigenvalue weighted by Crippen LogP contribution is 2.05. The molecule has 0 aromatic carbocycles. The summed E-state index contributed by atoms with van der Waals surface area (Å²) in [6, 6.07) is 23.3. The van der Waals surface area contributed by atoms with Crippen LogP contribution in [0.25, 0.3) is 0 Å². The van der Waals surface area contributed by atoms with Gasteiger partial charge in [-0.25, -0.2) is 0 Å². The molecule has 0 aromatic rings. The highest BCUT2D eigenvalue weighted by molar-refractivity contribution is 4.81. The zero-order chi connectivity index (χ0) is 98.6. The van der Waals surface area contributed by atoms with Crippen molar-refractivity contribution in [1.82, 2.24) is 73.5 Å². The van der Waals surface area contributed by atoms with Gasteiger partial charge < -0.3 is 63.7 Å². The van der Waals surface area contributed by atoms with E-state index in [1.807, 2.05) is 42.1 Å². The summed E-state index contributed by atoms with van der Waals surface area (Å²) in [5, 5.41) is 91.5. The van der Waals surface area contributed by atoms with E-state index < -0.39 is 0 Å². The fraction of sp³-hybridized carbons (Fsp3) is 0.890. The van der Waals surface area contributed by atoms with Crippen molar-refractivity contribution in [2.45, 2.75) is 290 Å². The second-order valence-electron chi connectivity index (χ2n) is 32.9. The fourth-order valence-corrected chi connectivity index (χ4v) is 11.2. The van der Waals surface area contributed by atoms with Crippen LogP contribution in [-0.4, -0.2) is 375 Å². The number of nitrogens with zero attached hydrogens (tertiary/aromatic N) is 26. The van der Waals surface area contributed by atoms with E-state index in [0.29, 0.717) is 90.5 Å². The van der Waals surface area contributed by atoms with E-state index in [-0.39, 0.29) is 0 Å². The Kier molecular flexibility index (Phi) is 155. The molecule has 0 aromatic heterocycles. The Hall–Kier alpha value is -6.21. The van der Waals surface area contributed by atoms with E-state index >= 15 is 0 Å². The Balaban J connectivity index is -0.000000113. The van der Waals surface area contributed by atoms with Crippen molar-refractivity contribution in [2.75, 3.05) is 302 Å². The Morgan fingerprint density at radius 1 is 0.135 bits per heavy atom. The third kappa shape index (κ3) is 161. The van der Waals surface area contributed by atoms with Gasteiger partial charge in [-0.1, -0.05) is 129 Å². The average molecular weight is 1770 g/mol. The van der Waals surface area contributed by atoms with Gasteiger partial charge in [-0.15, -0.1) is 0 Å². The van der Waals surface area contributed by atoms with Crippen LogP contribution in [0.15, 0.2) is 0 Å². The molecular weight excluding hydrogens is 1570 g/mol. The first-order valence-electron chi connectivity index (χ1n) is 48.8. The molecule has 0 N–H and O–H groups in total. The molecule has 0 heterocycles. The van der Waals surface area contributed by atoms with Crippen LogP contribution in [-0.2, 0) is 0 Å². The predicted octanol–water partition coefficient (Wildman–Crippen LogP) is 17.9. The van der Waals surface area contributed by atoms with Gasteiger partial charge in [-0.3, -0.25) is 9.80 Å². The summed E-state index contributed by atoms with van der Waals surface area (Å²) in [6.45, 7) is 62.1. The first kappa shape index (κ1) is 145. The van der Waals surface area contributed by atoms with Gasteiger partial charge in [0, 0.05) is 97.1 Å². The molecule has 126 heavy (non-hydrogen) atoms. The molecule has 736 valence electrons. The zero-order valence-corrected chi connectivity index (χ0v) is 88.3. The van der Waals surface area contributed by atoms with Gasteiger partial charge >= 0.3 is 0 Å². The minimum Gasteiger partial charge on any atom is -0.309 e. The molecule has 0 saturated carbocycles. The SMILES string of the molecule is CCCCN(CCC#N)CCCC.CCCCN(CCCC)CCCC#N.CCCN(CC#N)CCC.CCCN(CCC)CCCC#N.CCN(CC)CC#N.CCN(CC)CCC#N.CCN(CC)CCCC#N.CN(C)CCC#N.CN(C)CCCCCN(C)C.CN(C)CCCCN(C)C.CN(C)CCCN(C)C.N#CCCN(CCC#N)CCC#N. The van der Waals surface area contributed by atoms with Gasteiger partial charge in [0.2, 0.25) is 0 Å². The lowest BCUT2D eigenvalue weighted by Gasteiger charge is -2.21. The van der Waals surface area contributed by atoms with E-state index in [2.05, 4.69) is 294 Å². The summed E-state index contributed by atoms with van der Waals surface area (Å²) >= 11 is 0. The minimum atomic E-state index is 0.455. The van der Waals surface area contributed by atoms with Crippen LogP contribution in [0.5, 0.6) is 0 Å². The lowest BCUT2D eigenvalue weighted by molar-refractivity contribution is 0.263. The van der Waals surface area contributed by atoms with Crippen LogP contribution in [0.2, 0.25) is 0 Å². The first-order chi connectivity index (χ1) is 60.4. The molecule has 0 rings (SSSR count). The summed E-state index contributed by atoms with van der Waals surface area (Å²) in [7, 11) is 29.3. The van der Waals surface area contributed by atoms with Gasteiger partial charge in [0.1, 0.15) is 0 Å². The van der Waals surface area contributed by atoms with Crippen LogP contribution < -0.4 is 0 Å². The number of hydrogen-bond acceptors (Lipinski definition) is 26. The molecular formula is C100H206N26. The van der Waals surface area contributed by atoms with Gasteiger partial charge in [0.15, 0.2) is 0 Å². The maximum absolute atomic E-state index is 8.49.